The maximum Gasteiger partial charge on any atom is 0.269 e. The van der Waals surface area contributed by atoms with Crippen molar-refractivity contribution in [1.82, 2.24) is 54.2 Å². The van der Waals surface area contributed by atoms with E-state index in [9.17, 15) is 36.7 Å². The van der Waals surface area contributed by atoms with E-state index in [0.717, 1.165) is 12.1 Å². The summed E-state index contributed by atoms with van der Waals surface area (Å²) in [6.45, 7) is -0.105. The molecule has 0 radical (unpaired) electrons. The van der Waals surface area contributed by atoms with Crippen LogP contribution in [0.15, 0.2) is 110 Å². The van der Waals surface area contributed by atoms with Crippen molar-refractivity contribution < 1.29 is 36.2 Å². The van der Waals surface area contributed by atoms with Crippen LogP contribution in [0.4, 0.5) is 17.6 Å². The van der Waals surface area contributed by atoms with Crippen molar-refractivity contribution >= 4 is 35.2 Å². The van der Waals surface area contributed by atoms with Crippen molar-refractivity contribution in [1.29, 1.82) is 0 Å². The van der Waals surface area contributed by atoms with Gasteiger partial charge in [-0.15, -0.1) is 0 Å². The van der Waals surface area contributed by atoms with Crippen molar-refractivity contribution in [2.45, 2.75) is 25.9 Å². The second-order valence-electron chi connectivity index (χ2n) is 12.6. The van der Waals surface area contributed by atoms with Crippen LogP contribution in [0.1, 0.15) is 24.0 Å². The van der Waals surface area contributed by atoms with Crippen molar-refractivity contribution in [2.24, 2.45) is 0 Å². The van der Waals surface area contributed by atoms with Crippen LogP contribution in [0, 0.1) is 23.3 Å². The minimum absolute atomic E-state index is 0.0388. The summed E-state index contributed by atoms with van der Waals surface area (Å²) in [6.07, 6.45) is 5.85. The molecule has 9 rings (SSSR count). The zero-order valence-corrected chi connectivity index (χ0v) is 32.2. The highest BCUT2D eigenvalue weighted by atomic mass is 35.5. The highest BCUT2D eigenvalue weighted by Gasteiger charge is 2.27. The number of nitrogens with zero attached hydrogens (tertiary/aromatic N) is 9. The van der Waals surface area contributed by atoms with Gasteiger partial charge in [-0.2, -0.15) is 14.6 Å². The fourth-order valence-corrected chi connectivity index (χ4v) is 5.90. The van der Waals surface area contributed by atoms with Gasteiger partial charge in [-0.3, -0.25) is 28.5 Å². The maximum atomic E-state index is 14.1. The summed E-state index contributed by atoms with van der Waals surface area (Å²) in [5.41, 5.74) is 1.91. The Morgan fingerprint density at radius 1 is 0.656 bits per heavy atom. The number of amides is 2. The first kappa shape index (κ1) is 41.6. The minimum Gasteiger partial charge on any atom is -0.364 e. The molecule has 0 unspecified atom stereocenters. The number of hydrogen-bond donors (Lipinski definition) is 2. The molecule has 0 saturated carbocycles. The number of carbonyl (C=O) groups excluding carboxylic acids is 2. The van der Waals surface area contributed by atoms with Gasteiger partial charge in [0.1, 0.15) is 40.3 Å². The molecular formula is C38H25Cl2F4N11O6. The Kier molecular flexibility index (Phi) is 12.4. The van der Waals surface area contributed by atoms with Crippen molar-refractivity contribution in [2.75, 3.05) is 0 Å². The Bertz CT molecular complexity index is 2950. The fraction of sp³-hybridized carbons (Fsp3) is 0.105. The summed E-state index contributed by atoms with van der Waals surface area (Å²) in [6, 6.07) is 15.5. The summed E-state index contributed by atoms with van der Waals surface area (Å²) < 4.78 is 68.3. The van der Waals surface area contributed by atoms with Crippen LogP contribution < -0.4 is 11.1 Å². The molecule has 7 heterocycles. The van der Waals surface area contributed by atoms with Crippen molar-refractivity contribution in [3.63, 3.8) is 0 Å². The third kappa shape index (κ3) is 9.53. The number of aromatic nitrogens is 10. The molecule has 6 aromatic heterocycles. The number of carbonyl (C=O) groups is 2. The molecule has 2 aromatic carbocycles. The van der Waals surface area contributed by atoms with Crippen LogP contribution in [-0.2, 0) is 22.7 Å². The molecule has 8 aromatic rings. The van der Waals surface area contributed by atoms with Crippen LogP contribution in [0.3, 0.4) is 0 Å². The van der Waals surface area contributed by atoms with Crippen LogP contribution >= 0.6 is 23.4 Å². The summed E-state index contributed by atoms with van der Waals surface area (Å²) in [7, 11) is 0. The predicted molar refractivity (Wildman–Crippen MR) is 206 cm³/mol. The van der Waals surface area contributed by atoms with E-state index >= 15 is 0 Å². The molecule has 2 N–H and O–H groups in total. The van der Waals surface area contributed by atoms with E-state index in [4.69, 9.17) is 32.4 Å². The average Bonchev–Trinajstić information content (AvgIpc) is 4.11. The second kappa shape index (κ2) is 18.2. The highest BCUT2D eigenvalue weighted by molar-refractivity contribution is 6.32. The van der Waals surface area contributed by atoms with Crippen LogP contribution in [0.2, 0.25) is 5.02 Å². The summed E-state index contributed by atoms with van der Waals surface area (Å²) in [5, 5.41) is 16.3. The molecule has 1 aliphatic rings. The quantitative estimate of drug-likeness (QED) is 0.0995. The van der Waals surface area contributed by atoms with Gasteiger partial charge in [0.25, 0.3) is 11.1 Å². The highest BCUT2D eigenvalue weighted by Crippen LogP contribution is 2.27. The van der Waals surface area contributed by atoms with E-state index in [-0.39, 0.29) is 71.1 Å². The lowest BCUT2D eigenvalue weighted by Gasteiger charge is -2.07. The Labute approximate surface area is 348 Å². The second-order valence-corrected chi connectivity index (χ2v) is 13.3. The van der Waals surface area contributed by atoms with Gasteiger partial charge in [0, 0.05) is 60.1 Å². The lowest BCUT2D eigenvalue weighted by Crippen LogP contribution is -2.16. The molecule has 0 spiro atoms. The fourth-order valence-electron chi connectivity index (χ4n) is 5.63. The zero-order chi connectivity index (χ0) is 43.2. The molecule has 2 amide bonds. The summed E-state index contributed by atoms with van der Waals surface area (Å²) in [4.78, 5) is 57.2. The number of rotatable bonds is 8. The lowest BCUT2D eigenvalue weighted by molar-refractivity contribution is -0.132. The predicted octanol–water partition coefficient (Wildman–Crippen LogP) is 6.17. The van der Waals surface area contributed by atoms with Gasteiger partial charge in [-0.25, -0.2) is 27.5 Å². The number of imide groups is 1. The largest absolute Gasteiger partial charge is 0.364 e. The first-order chi connectivity index (χ1) is 29.4. The molecule has 0 bridgehead atoms. The number of hydrogen-bond acceptors (Lipinski definition) is 12. The number of nitrogens with one attached hydrogen (secondary N) is 2. The van der Waals surface area contributed by atoms with Crippen molar-refractivity contribution in [3.05, 3.63) is 152 Å². The smallest absolute Gasteiger partial charge is 0.269 e. The standard InChI is InChI=1S/C17H10ClF2N5O2.C17H11F2N5O2.C4H4ClNO2/c18-10-7-21-16(22-17(10)26)13-6-14(12-4-5-27-24-12)25(23-13)8-9-2-1-3-11(19)15(9)20;18-11-3-1-2-10(16(11)19)9-24-14(12-5-7-26-23-12)8-13(22-24)17-20-6-4-15(25)21-17;5-6-3(7)1-2-4(6)8/h1-7H,8H2,(H,21,22,26);1-8H,9H2,(H,20,21,25);1-2H2. The van der Waals surface area contributed by atoms with Crippen molar-refractivity contribution in [3.8, 4) is 45.8 Å². The number of H-pyrrole nitrogens is 2. The average molecular weight is 879 g/mol. The number of aromatic amines is 2. The Morgan fingerprint density at radius 3 is 1.59 bits per heavy atom. The van der Waals surface area contributed by atoms with Crippen LogP contribution in [-0.4, -0.2) is 66.0 Å². The van der Waals surface area contributed by atoms with E-state index in [2.05, 4.69) is 40.4 Å². The molecule has 310 valence electrons. The monoisotopic (exact) mass is 877 g/mol. The van der Waals surface area contributed by atoms with Gasteiger partial charge in [0.05, 0.1) is 30.7 Å². The molecule has 23 heteroatoms. The molecule has 0 atom stereocenters. The Hall–Kier alpha value is -7.52. The topological polar surface area (TPSA) is 217 Å². The molecule has 1 saturated heterocycles. The van der Waals surface area contributed by atoms with Gasteiger partial charge >= 0.3 is 0 Å². The number of halogens is 6. The molecule has 17 nitrogen and oxygen atoms in total. The van der Waals surface area contributed by atoms with Crippen LogP contribution in [0.25, 0.3) is 45.8 Å². The SMILES string of the molecule is O=C1CCC(=O)N1Cl.O=c1[nH]c(-c2cc(-c3ccon3)n(Cc3cccc(F)c3F)n2)ncc1Cl.O=c1ccnc(-c2cc(-c3ccon3)n(Cc3cccc(F)c3F)n2)[nH]1. The first-order valence-electron chi connectivity index (χ1n) is 17.5. The molecular weight excluding hydrogens is 853 g/mol. The molecule has 0 aliphatic carbocycles. The maximum absolute atomic E-state index is 14.1. The van der Waals surface area contributed by atoms with E-state index < -0.39 is 28.8 Å². The van der Waals surface area contributed by atoms with Gasteiger partial charge in [0.15, 0.2) is 34.9 Å². The van der Waals surface area contributed by atoms with Gasteiger partial charge < -0.3 is 19.0 Å². The molecule has 61 heavy (non-hydrogen) atoms. The normalized spacial score (nSPS) is 12.3. The van der Waals surface area contributed by atoms with Gasteiger partial charge in [-0.1, -0.05) is 46.2 Å². The summed E-state index contributed by atoms with van der Waals surface area (Å²) >= 11 is 10.8. The van der Waals surface area contributed by atoms with E-state index in [1.807, 2.05) is 0 Å². The first-order valence-corrected chi connectivity index (χ1v) is 18.2. The minimum atomic E-state index is -0.960. The van der Waals surface area contributed by atoms with Crippen LogP contribution in [0.5, 0.6) is 0 Å². The molecule has 1 aliphatic heterocycles. The number of benzene rings is 2. The molecule has 1 fully saturated rings. The van der Waals surface area contributed by atoms with E-state index in [0.29, 0.717) is 38.6 Å². The van der Waals surface area contributed by atoms with Gasteiger partial charge in [0.2, 0.25) is 11.8 Å². The van der Waals surface area contributed by atoms with E-state index in [1.165, 1.54) is 64.6 Å². The van der Waals surface area contributed by atoms with Gasteiger partial charge in [-0.05, 0) is 24.3 Å². The lowest BCUT2D eigenvalue weighted by atomic mass is 10.2. The Balaban J connectivity index is 0.000000156. The summed E-state index contributed by atoms with van der Waals surface area (Å²) in [5.74, 6) is -3.96. The third-order valence-corrected chi connectivity index (χ3v) is 9.21. The zero-order valence-electron chi connectivity index (χ0n) is 30.7. The Morgan fingerprint density at radius 2 is 1.16 bits per heavy atom. The van der Waals surface area contributed by atoms with E-state index in [1.54, 1.807) is 24.3 Å². The third-order valence-electron chi connectivity index (χ3n) is 8.57.